The first-order chi connectivity index (χ1) is 14.1. The fraction of sp³-hybridized carbons (Fsp3) is 0.130. The molecule has 0 spiro atoms. The molecule has 0 aliphatic heterocycles. The number of phenols is 1. The number of carbonyl (C=O) groups excluding carboxylic acids is 1. The van der Waals surface area contributed by atoms with E-state index in [9.17, 15) is 9.90 Å². The molecular weight excluding hydrogens is 368 g/mol. The number of phenolic OH excluding ortho intramolecular Hbond substituents is 1. The molecule has 3 aromatic rings. The molecule has 0 unspecified atom stereocenters. The van der Waals surface area contributed by atoms with Gasteiger partial charge in [0, 0.05) is 0 Å². The molecule has 6 nitrogen and oxygen atoms in total. The number of rotatable bonds is 7. The predicted molar refractivity (Wildman–Crippen MR) is 113 cm³/mol. The molecule has 0 aromatic heterocycles. The summed E-state index contributed by atoms with van der Waals surface area (Å²) in [6.45, 7) is 2.46. The van der Waals surface area contributed by atoms with Gasteiger partial charge in [-0.05, 0) is 53.6 Å². The lowest BCUT2D eigenvalue weighted by Gasteiger charge is -2.10. The largest absolute Gasteiger partial charge is 0.507 e. The van der Waals surface area contributed by atoms with Gasteiger partial charge in [0.15, 0.2) is 11.5 Å². The first-order valence-corrected chi connectivity index (χ1v) is 9.00. The van der Waals surface area contributed by atoms with Gasteiger partial charge in [0.05, 0.1) is 18.4 Å². The van der Waals surface area contributed by atoms with Crippen molar-refractivity contribution in [2.24, 2.45) is 5.10 Å². The monoisotopic (exact) mass is 388 g/mol. The van der Waals surface area contributed by atoms with E-state index < -0.39 is 5.91 Å². The van der Waals surface area contributed by atoms with Crippen LogP contribution in [0.15, 0.2) is 59.7 Å². The summed E-state index contributed by atoms with van der Waals surface area (Å²) in [5.41, 5.74) is 3.27. The summed E-state index contributed by atoms with van der Waals surface area (Å²) >= 11 is 0. The molecule has 0 fully saturated rings. The highest BCUT2D eigenvalue weighted by atomic mass is 16.5. The maximum Gasteiger partial charge on any atom is 0.275 e. The lowest BCUT2D eigenvalue weighted by molar-refractivity contribution is 0.0952. The van der Waals surface area contributed by atoms with Crippen molar-refractivity contribution in [2.45, 2.75) is 6.92 Å². The first-order valence-electron chi connectivity index (χ1n) is 9.00. The van der Waals surface area contributed by atoms with Crippen molar-refractivity contribution in [3.8, 4) is 29.6 Å². The second-order valence-corrected chi connectivity index (χ2v) is 6.05. The average Bonchev–Trinajstić information content (AvgIpc) is 2.72. The number of hydrogen-bond acceptors (Lipinski definition) is 5. The Morgan fingerprint density at radius 2 is 1.90 bits per heavy atom. The molecule has 0 aliphatic carbocycles. The van der Waals surface area contributed by atoms with Gasteiger partial charge in [0.2, 0.25) is 0 Å². The maximum atomic E-state index is 12.4. The van der Waals surface area contributed by atoms with Crippen LogP contribution in [0.4, 0.5) is 0 Å². The summed E-state index contributed by atoms with van der Waals surface area (Å²) in [5.74, 6) is 2.86. The third-order valence-electron chi connectivity index (χ3n) is 4.07. The smallest absolute Gasteiger partial charge is 0.275 e. The average molecular weight is 388 g/mol. The normalized spacial score (nSPS) is 10.6. The van der Waals surface area contributed by atoms with Crippen LogP contribution >= 0.6 is 0 Å². The van der Waals surface area contributed by atoms with Gasteiger partial charge in [-0.1, -0.05) is 30.2 Å². The van der Waals surface area contributed by atoms with Gasteiger partial charge < -0.3 is 14.6 Å². The van der Waals surface area contributed by atoms with E-state index in [-0.39, 0.29) is 17.9 Å². The van der Waals surface area contributed by atoms with Crippen LogP contribution in [-0.2, 0) is 0 Å². The maximum absolute atomic E-state index is 12.4. The van der Waals surface area contributed by atoms with Gasteiger partial charge in [-0.2, -0.15) is 5.10 Å². The summed E-state index contributed by atoms with van der Waals surface area (Å²) in [6.07, 6.45) is 6.69. The number of amides is 1. The number of benzene rings is 3. The fourth-order valence-electron chi connectivity index (χ4n) is 2.75. The van der Waals surface area contributed by atoms with Crippen LogP contribution in [0.3, 0.4) is 0 Å². The molecule has 0 saturated carbocycles. The van der Waals surface area contributed by atoms with Crippen LogP contribution in [0, 0.1) is 12.3 Å². The molecule has 0 radical (unpaired) electrons. The Bertz CT molecular complexity index is 1100. The molecule has 1 amide bonds. The predicted octanol–water partition coefficient (Wildman–Crippen LogP) is 3.72. The zero-order valence-corrected chi connectivity index (χ0v) is 15.9. The molecule has 0 saturated heterocycles. The third kappa shape index (κ3) is 4.85. The number of nitrogens with zero attached hydrogens (tertiary/aromatic N) is 1. The van der Waals surface area contributed by atoms with Gasteiger partial charge >= 0.3 is 0 Å². The van der Waals surface area contributed by atoms with Crippen molar-refractivity contribution in [1.82, 2.24) is 5.43 Å². The van der Waals surface area contributed by atoms with Gasteiger partial charge in [-0.15, -0.1) is 6.42 Å². The summed E-state index contributed by atoms with van der Waals surface area (Å²) in [5, 5.41) is 15.8. The molecule has 0 atom stereocenters. The molecule has 29 heavy (non-hydrogen) atoms. The lowest BCUT2D eigenvalue weighted by atomic mass is 10.1. The molecule has 0 aliphatic rings. The Kier molecular flexibility index (Phi) is 6.33. The number of fused-ring (bicyclic) bond motifs is 1. The highest BCUT2D eigenvalue weighted by Crippen LogP contribution is 2.28. The molecule has 2 N–H and O–H groups in total. The standard InChI is InChI=1S/C23H20N2O4/c1-3-11-29-21-10-9-16(12-22(21)28-4-2)15-24-25-23(27)19-13-17-7-5-6-8-18(17)14-20(19)26/h1,5-10,12-15,26H,4,11H2,2H3,(H,25,27). The topological polar surface area (TPSA) is 80.2 Å². The fourth-order valence-corrected chi connectivity index (χ4v) is 2.75. The molecular formula is C23H20N2O4. The third-order valence-corrected chi connectivity index (χ3v) is 4.07. The Hall–Kier alpha value is -3.98. The Morgan fingerprint density at radius 1 is 1.14 bits per heavy atom. The number of carbonyl (C=O) groups is 1. The number of hydrazone groups is 1. The van der Waals surface area contributed by atoms with E-state index in [2.05, 4.69) is 16.4 Å². The van der Waals surface area contributed by atoms with Gasteiger partial charge in [-0.25, -0.2) is 5.43 Å². The Balaban J connectivity index is 1.74. The minimum Gasteiger partial charge on any atom is -0.507 e. The molecule has 0 heterocycles. The van der Waals surface area contributed by atoms with Crippen molar-refractivity contribution in [3.63, 3.8) is 0 Å². The zero-order chi connectivity index (χ0) is 20.6. The quantitative estimate of drug-likeness (QED) is 0.367. The van der Waals surface area contributed by atoms with Gasteiger partial charge in [0.25, 0.3) is 5.91 Å². The summed E-state index contributed by atoms with van der Waals surface area (Å²) < 4.78 is 11.0. The molecule has 3 aromatic carbocycles. The Morgan fingerprint density at radius 3 is 2.62 bits per heavy atom. The van der Waals surface area contributed by atoms with Crippen molar-refractivity contribution in [3.05, 3.63) is 65.7 Å². The molecule has 3 rings (SSSR count). The number of ether oxygens (including phenoxy) is 2. The van der Waals surface area contributed by atoms with Crippen molar-refractivity contribution < 1.29 is 19.4 Å². The van der Waals surface area contributed by atoms with E-state index in [4.69, 9.17) is 15.9 Å². The van der Waals surface area contributed by atoms with Crippen molar-refractivity contribution in [1.29, 1.82) is 0 Å². The van der Waals surface area contributed by atoms with E-state index in [1.807, 2.05) is 31.2 Å². The first kappa shape index (κ1) is 19.8. The SMILES string of the molecule is C#CCOc1ccc(C=NNC(=O)c2cc3ccccc3cc2O)cc1OCC. The zero-order valence-electron chi connectivity index (χ0n) is 15.9. The molecule has 6 heteroatoms. The highest BCUT2D eigenvalue weighted by Gasteiger charge is 2.12. The van der Waals surface area contributed by atoms with E-state index in [1.54, 1.807) is 30.3 Å². The van der Waals surface area contributed by atoms with E-state index >= 15 is 0 Å². The lowest BCUT2D eigenvalue weighted by Crippen LogP contribution is -2.17. The number of nitrogens with one attached hydrogen (secondary N) is 1. The van der Waals surface area contributed by atoms with E-state index in [0.717, 1.165) is 10.8 Å². The highest BCUT2D eigenvalue weighted by molar-refractivity contribution is 6.01. The van der Waals surface area contributed by atoms with Crippen molar-refractivity contribution in [2.75, 3.05) is 13.2 Å². The number of hydrogen-bond donors (Lipinski definition) is 2. The summed E-state index contributed by atoms with van der Waals surface area (Å²) in [4.78, 5) is 12.4. The van der Waals surface area contributed by atoms with E-state index in [0.29, 0.717) is 23.7 Å². The van der Waals surface area contributed by atoms with Crippen LogP contribution in [0.25, 0.3) is 10.8 Å². The van der Waals surface area contributed by atoms with Gasteiger partial charge in [0.1, 0.15) is 12.4 Å². The van der Waals surface area contributed by atoms with Gasteiger partial charge in [-0.3, -0.25) is 4.79 Å². The second-order valence-electron chi connectivity index (χ2n) is 6.05. The second kappa shape index (κ2) is 9.29. The van der Waals surface area contributed by atoms with Crippen molar-refractivity contribution >= 4 is 22.9 Å². The number of aromatic hydroxyl groups is 1. The van der Waals surface area contributed by atoms with Crippen LogP contribution in [0.2, 0.25) is 0 Å². The minimum atomic E-state index is -0.511. The van der Waals surface area contributed by atoms with Crippen LogP contribution < -0.4 is 14.9 Å². The minimum absolute atomic E-state index is 0.106. The van der Waals surface area contributed by atoms with Crippen LogP contribution in [-0.4, -0.2) is 30.4 Å². The molecule has 0 bridgehead atoms. The Labute approximate surface area is 168 Å². The summed E-state index contributed by atoms with van der Waals surface area (Å²) in [6, 6.07) is 15.9. The van der Waals surface area contributed by atoms with Crippen LogP contribution in [0.5, 0.6) is 17.2 Å². The molecule has 146 valence electrons. The summed E-state index contributed by atoms with van der Waals surface area (Å²) in [7, 11) is 0. The van der Waals surface area contributed by atoms with E-state index in [1.165, 1.54) is 6.21 Å². The van der Waals surface area contributed by atoms with Crippen LogP contribution in [0.1, 0.15) is 22.8 Å². The number of terminal acetylenes is 1.